The number of anilines is 1. The van der Waals surface area contributed by atoms with Crippen LogP contribution in [0.1, 0.15) is 55.7 Å². The Hall–Kier alpha value is -2.89. The number of amides is 1. The number of aromatic amines is 1. The molecule has 2 heterocycles. The molecule has 3 aromatic carbocycles. The number of rotatable bonds is 8. The number of benzene rings is 3. The topological polar surface area (TPSA) is 48.1 Å². The molecule has 4 aromatic rings. The average molecular weight is 573 g/mol. The molecule has 1 aliphatic heterocycles. The number of nitrogens with one attached hydrogen (secondary N) is 2. The highest BCUT2D eigenvalue weighted by Crippen LogP contribution is 2.36. The highest BCUT2D eigenvalue weighted by molar-refractivity contribution is 9.10. The van der Waals surface area contributed by atoms with E-state index in [0.717, 1.165) is 55.5 Å². The van der Waals surface area contributed by atoms with E-state index in [1.807, 2.05) is 19.9 Å². The Bertz CT molecular complexity index is 1420. The zero-order chi connectivity index (χ0) is 26.6. The fourth-order valence-corrected chi connectivity index (χ4v) is 6.12. The van der Waals surface area contributed by atoms with Gasteiger partial charge in [-0.15, -0.1) is 0 Å². The van der Waals surface area contributed by atoms with Gasteiger partial charge in [-0.05, 0) is 99.6 Å². The number of halogens is 1. The minimum atomic E-state index is -0.0135. The predicted octanol–water partition coefficient (Wildman–Crippen LogP) is 8.31. The molecule has 198 valence electrons. The van der Waals surface area contributed by atoms with Crippen LogP contribution in [0.5, 0.6) is 0 Å². The first kappa shape index (κ1) is 26.7. The fraction of sp³-hybridized carbons (Fsp3) is 0.364. The maximum Gasteiger partial charge on any atom is 0.226 e. The van der Waals surface area contributed by atoms with Gasteiger partial charge in [0.25, 0.3) is 0 Å². The monoisotopic (exact) mass is 571 g/mol. The van der Waals surface area contributed by atoms with Crippen LogP contribution in [0.4, 0.5) is 5.69 Å². The number of nitrogens with zero attached hydrogens (tertiary/aromatic N) is 1. The smallest absolute Gasteiger partial charge is 0.226 e. The molecule has 0 unspecified atom stereocenters. The quantitative estimate of drug-likeness (QED) is 0.223. The number of hydrogen-bond acceptors (Lipinski definition) is 2. The predicted molar refractivity (Wildman–Crippen MR) is 163 cm³/mol. The van der Waals surface area contributed by atoms with Crippen molar-refractivity contribution in [2.45, 2.75) is 52.4 Å². The van der Waals surface area contributed by atoms with Gasteiger partial charge in [-0.3, -0.25) is 4.79 Å². The molecule has 4 nitrogen and oxygen atoms in total. The van der Waals surface area contributed by atoms with Crippen molar-refractivity contribution in [1.82, 2.24) is 9.88 Å². The van der Waals surface area contributed by atoms with E-state index < -0.39 is 0 Å². The third kappa shape index (κ3) is 6.05. The Balaban J connectivity index is 1.22. The summed E-state index contributed by atoms with van der Waals surface area (Å²) in [7, 11) is 0. The standard InChI is InChI=1S/C33H38BrN3O/c1-22(2)33(38)35-26-9-6-8-25(21-26)24-15-18-37(19-16-24)17-7-11-27-29-20-23(3)13-14-31(29)36-32(27)28-10-4-5-12-30(28)34/h4-6,8-10,12-14,20-22,24,36H,7,11,15-19H2,1-3H3,(H,35,38). The van der Waals surface area contributed by atoms with Crippen molar-refractivity contribution in [3.63, 3.8) is 0 Å². The van der Waals surface area contributed by atoms with Crippen molar-refractivity contribution < 1.29 is 4.79 Å². The molecule has 1 fully saturated rings. The van der Waals surface area contributed by atoms with Crippen LogP contribution < -0.4 is 5.32 Å². The summed E-state index contributed by atoms with van der Waals surface area (Å²) in [6, 6.07) is 23.7. The summed E-state index contributed by atoms with van der Waals surface area (Å²) in [5.41, 5.74) is 8.66. The van der Waals surface area contributed by atoms with Gasteiger partial charge in [-0.1, -0.05) is 71.7 Å². The second-order valence-electron chi connectivity index (χ2n) is 11.0. The molecule has 5 heteroatoms. The lowest BCUT2D eigenvalue weighted by Crippen LogP contribution is -2.33. The first-order valence-electron chi connectivity index (χ1n) is 13.9. The van der Waals surface area contributed by atoms with Gasteiger partial charge in [0, 0.05) is 32.5 Å². The summed E-state index contributed by atoms with van der Waals surface area (Å²) >= 11 is 3.77. The SMILES string of the molecule is Cc1ccc2[nH]c(-c3ccccc3Br)c(CCCN3CCC(c4cccc(NC(=O)C(C)C)c4)CC3)c2c1. The van der Waals surface area contributed by atoms with Crippen molar-refractivity contribution in [2.24, 2.45) is 5.92 Å². The zero-order valence-corrected chi connectivity index (χ0v) is 24.3. The molecule has 0 atom stereocenters. The van der Waals surface area contributed by atoms with Gasteiger partial charge in [0.15, 0.2) is 0 Å². The van der Waals surface area contributed by atoms with Gasteiger partial charge in [0.2, 0.25) is 5.91 Å². The molecule has 0 spiro atoms. The first-order chi connectivity index (χ1) is 18.4. The van der Waals surface area contributed by atoms with Gasteiger partial charge in [-0.25, -0.2) is 0 Å². The van der Waals surface area contributed by atoms with Gasteiger partial charge < -0.3 is 15.2 Å². The van der Waals surface area contributed by atoms with E-state index in [1.165, 1.54) is 38.9 Å². The van der Waals surface area contributed by atoms with E-state index in [-0.39, 0.29) is 11.8 Å². The lowest BCUT2D eigenvalue weighted by molar-refractivity contribution is -0.118. The molecule has 1 amide bonds. The molecule has 0 bridgehead atoms. The molecule has 1 aromatic heterocycles. The lowest BCUT2D eigenvalue weighted by Gasteiger charge is -2.32. The Morgan fingerprint density at radius 3 is 2.61 bits per heavy atom. The summed E-state index contributed by atoms with van der Waals surface area (Å²) in [6.45, 7) is 9.39. The molecule has 0 radical (unpaired) electrons. The van der Waals surface area contributed by atoms with E-state index in [0.29, 0.717) is 5.92 Å². The Labute approximate surface area is 235 Å². The molecular weight excluding hydrogens is 534 g/mol. The number of H-pyrrole nitrogens is 1. The molecular formula is C33H38BrN3O. The van der Waals surface area contributed by atoms with E-state index in [9.17, 15) is 4.79 Å². The molecule has 38 heavy (non-hydrogen) atoms. The largest absolute Gasteiger partial charge is 0.354 e. The Kier molecular flexibility index (Phi) is 8.35. The highest BCUT2D eigenvalue weighted by atomic mass is 79.9. The van der Waals surface area contributed by atoms with Crippen LogP contribution in [-0.2, 0) is 11.2 Å². The number of aryl methyl sites for hydroxylation is 2. The number of piperidine rings is 1. The number of hydrogen-bond donors (Lipinski definition) is 2. The molecule has 0 saturated carbocycles. The normalized spacial score (nSPS) is 14.9. The van der Waals surface area contributed by atoms with Crippen LogP contribution in [0.3, 0.4) is 0 Å². The molecule has 1 aliphatic rings. The van der Waals surface area contributed by atoms with Crippen LogP contribution in [-0.4, -0.2) is 35.4 Å². The van der Waals surface area contributed by atoms with Crippen molar-refractivity contribution in [2.75, 3.05) is 25.0 Å². The van der Waals surface area contributed by atoms with Crippen LogP contribution in [0.25, 0.3) is 22.2 Å². The van der Waals surface area contributed by atoms with Crippen LogP contribution in [0.15, 0.2) is 71.2 Å². The van der Waals surface area contributed by atoms with Gasteiger partial charge >= 0.3 is 0 Å². The van der Waals surface area contributed by atoms with Gasteiger partial charge in [-0.2, -0.15) is 0 Å². The van der Waals surface area contributed by atoms with Gasteiger partial charge in [0.05, 0.1) is 5.69 Å². The number of fused-ring (bicyclic) bond motifs is 1. The zero-order valence-electron chi connectivity index (χ0n) is 22.7. The van der Waals surface area contributed by atoms with Crippen LogP contribution >= 0.6 is 15.9 Å². The molecule has 2 N–H and O–H groups in total. The minimum absolute atomic E-state index is 0.0135. The fourth-order valence-electron chi connectivity index (χ4n) is 5.64. The van der Waals surface area contributed by atoms with Crippen molar-refractivity contribution >= 4 is 38.4 Å². The Morgan fingerprint density at radius 1 is 1.05 bits per heavy atom. The Morgan fingerprint density at radius 2 is 1.84 bits per heavy atom. The third-order valence-corrected chi connectivity index (χ3v) is 8.53. The molecule has 0 aliphatic carbocycles. The number of carbonyl (C=O) groups excluding carboxylic acids is 1. The van der Waals surface area contributed by atoms with E-state index in [4.69, 9.17) is 0 Å². The lowest BCUT2D eigenvalue weighted by atomic mass is 9.89. The maximum absolute atomic E-state index is 12.1. The summed E-state index contributed by atoms with van der Waals surface area (Å²) in [6.07, 6.45) is 4.52. The number of carbonyl (C=O) groups is 1. The van der Waals surface area contributed by atoms with E-state index >= 15 is 0 Å². The second-order valence-corrected chi connectivity index (χ2v) is 11.9. The highest BCUT2D eigenvalue weighted by Gasteiger charge is 2.22. The maximum atomic E-state index is 12.1. The van der Waals surface area contributed by atoms with E-state index in [1.54, 1.807) is 0 Å². The van der Waals surface area contributed by atoms with Crippen molar-refractivity contribution in [3.8, 4) is 11.3 Å². The van der Waals surface area contributed by atoms with Gasteiger partial charge in [0.1, 0.15) is 0 Å². The van der Waals surface area contributed by atoms with Crippen molar-refractivity contribution in [1.29, 1.82) is 0 Å². The minimum Gasteiger partial charge on any atom is -0.354 e. The number of aromatic nitrogens is 1. The molecule has 5 rings (SSSR count). The van der Waals surface area contributed by atoms with Crippen LogP contribution in [0.2, 0.25) is 0 Å². The average Bonchev–Trinajstić information content (AvgIpc) is 3.26. The van der Waals surface area contributed by atoms with E-state index in [2.05, 4.69) is 98.7 Å². The molecule has 1 saturated heterocycles. The third-order valence-electron chi connectivity index (χ3n) is 7.84. The van der Waals surface area contributed by atoms with Crippen molar-refractivity contribution in [3.05, 3.63) is 87.9 Å². The number of likely N-dealkylation sites (tertiary alicyclic amines) is 1. The summed E-state index contributed by atoms with van der Waals surface area (Å²) < 4.78 is 1.12. The summed E-state index contributed by atoms with van der Waals surface area (Å²) in [5, 5.41) is 4.40. The first-order valence-corrected chi connectivity index (χ1v) is 14.7. The summed E-state index contributed by atoms with van der Waals surface area (Å²) in [4.78, 5) is 18.5. The second kappa shape index (κ2) is 11.9. The van der Waals surface area contributed by atoms with Crippen LogP contribution in [0, 0.1) is 12.8 Å². The summed E-state index contributed by atoms with van der Waals surface area (Å²) in [5.74, 6) is 0.617.